The highest BCUT2D eigenvalue weighted by atomic mass is 79.9. The summed E-state index contributed by atoms with van der Waals surface area (Å²) in [6, 6.07) is 5.84. The summed E-state index contributed by atoms with van der Waals surface area (Å²) >= 11 is 9.64. The number of carboxylic acid groups (broad SMARTS) is 1. The second-order valence-electron chi connectivity index (χ2n) is 5.49. The molecule has 0 radical (unpaired) electrons. The first-order valence-electron chi connectivity index (χ1n) is 6.86. The quantitative estimate of drug-likeness (QED) is 0.875. The van der Waals surface area contributed by atoms with Crippen molar-refractivity contribution >= 4 is 33.5 Å². The molecule has 1 aliphatic heterocycles. The van der Waals surface area contributed by atoms with Crippen molar-refractivity contribution in [3.05, 3.63) is 33.3 Å². The van der Waals surface area contributed by atoms with Crippen LogP contribution in [0.5, 0.6) is 0 Å². The maximum absolute atomic E-state index is 11.6. The molecule has 0 spiro atoms. The van der Waals surface area contributed by atoms with E-state index in [1.54, 1.807) is 0 Å². The molecule has 1 aliphatic rings. The van der Waals surface area contributed by atoms with Gasteiger partial charge in [0.2, 0.25) is 0 Å². The molecule has 0 saturated carbocycles. The summed E-state index contributed by atoms with van der Waals surface area (Å²) in [6.07, 6.45) is 2.37. The number of rotatable bonds is 4. The molecule has 1 fully saturated rings. The average molecular weight is 361 g/mol. The van der Waals surface area contributed by atoms with Crippen LogP contribution in [0.1, 0.15) is 31.7 Å². The van der Waals surface area contributed by atoms with E-state index in [0.717, 1.165) is 34.4 Å². The molecule has 1 aromatic rings. The molecule has 0 bridgehead atoms. The van der Waals surface area contributed by atoms with Crippen LogP contribution in [0.4, 0.5) is 0 Å². The van der Waals surface area contributed by atoms with Crippen LogP contribution in [0.25, 0.3) is 0 Å². The van der Waals surface area contributed by atoms with Gasteiger partial charge in [-0.25, -0.2) is 0 Å². The van der Waals surface area contributed by atoms with E-state index in [-0.39, 0.29) is 0 Å². The van der Waals surface area contributed by atoms with Gasteiger partial charge < -0.3 is 5.11 Å². The molecule has 20 heavy (non-hydrogen) atoms. The fraction of sp³-hybridized carbons (Fsp3) is 0.533. The van der Waals surface area contributed by atoms with Crippen LogP contribution in [0, 0.1) is 5.41 Å². The van der Waals surface area contributed by atoms with Crippen molar-refractivity contribution in [2.24, 2.45) is 5.41 Å². The topological polar surface area (TPSA) is 40.5 Å². The minimum atomic E-state index is -0.674. The van der Waals surface area contributed by atoms with Crippen molar-refractivity contribution in [3.8, 4) is 0 Å². The minimum absolute atomic E-state index is 0.597. The lowest BCUT2D eigenvalue weighted by molar-refractivity contribution is -0.153. The Morgan fingerprint density at radius 3 is 2.90 bits per heavy atom. The van der Waals surface area contributed by atoms with E-state index in [0.29, 0.717) is 19.5 Å². The molecule has 2 rings (SSSR count). The SMILES string of the molecule is CCC1(C(=O)O)CCCN(Cc2ccc(Br)cc2Cl)C1. The molecular weight excluding hydrogens is 342 g/mol. The highest BCUT2D eigenvalue weighted by Gasteiger charge is 2.40. The number of halogens is 2. The van der Waals surface area contributed by atoms with Crippen LogP contribution >= 0.6 is 27.5 Å². The fourth-order valence-corrected chi connectivity index (χ4v) is 3.60. The number of hydrogen-bond acceptors (Lipinski definition) is 2. The second kappa shape index (κ2) is 6.46. The van der Waals surface area contributed by atoms with Crippen molar-refractivity contribution in [1.29, 1.82) is 0 Å². The van der Waals surface area contributed by atoms with Gasteiger partial charge in [0, 0.05) is 22.6 Å². The Balaban J connectivity index is 2.11. The molecule has 0 aliphatic carbocycles. The van der Waals surface area contributed by atoms with Crippen molar-refractivity contribution in [3.63, 3.8) is 0 Å². The summed E-state index contributed by atoms with van der Waals surface area (Å²) in [6.45, 7) is 4.21. The summed E-state index contributed by atoms with van der Waals surface area (Å²) in [7, 11) is 0. The normalized spacial score (nSPS) is 23.8. The van der Waals surface area contributed by atoms with Crippen LogP contribution in [0.15, 0.2) is 22.7 Å². The van der Waals surface area contributed by atoms with Gasteiger partial charge in [-0.3, -0.25) is 9.69 Å². The van der Waals surface area contributed by atoms with Gasteiger partial charge in [-0.15, -0.1) is 0 Å². The maximum Gasteiger partial charge on any atom is 0.310 e. The maximum atomic E-state index is 11.6. The van der Waals surface area contributed by atoms with Crippen molar-refractivity contribution < 1.29 is 9.90 Å². The predicted molar refractivity (Wildman–Crippen MR) is 84.0 cm³/mol. The summed E-state index contributed by atoms with van der Waals surface area (Å²) in [5.41, 5.74) is 0.451. The Bertz CT molecular complexity index is 509. The first-order valence-corrected chi connectivity index (χ1v) is 8.03. The second-order valence-corrected chi connectivity index (χ2v) is 6.81. The summed E-state index contributed by atoms with van der Waals surface area (Å²) < 4.78 is 0.957. The van der Waals surface area contributed by atoms with Crippen LogP contribution in [0.3, 0.4) is 0 Å². The van der Waals surface area contributed by atoms with E-state index in [9.17, 15) is 9.90 Å². The van der Waals surface area contributed by atoms with Crippen LogP contribution in [-0.4, -0.2) is 29.1 Å². The Kier molecular flexibility index (Phi) is 5.10. The zero-order valence-corrected chi connectivity index (χ0v) is 13.9. The molecule has 1 aromatic carbocycles. The number of nitrogens with zero attached hydrogens (tertiary/aromatic N) is 1. The van der Waals surface area contributed by atoms with Crippen LogP contribution in [0.2, 0.25) is 5.02 Å². The van der Waals surface area contributed by atoms with E-state index in [1.165, 1.54) is 0 Å². The zero-order chi connectivity index (χ0) is 14.8. The van der Waals surface area contributed by atoms with E-state index in [2.05, 4.69) is 20.8 Å². The van der Waals surface area contributed by atoms with Crippen LogP contribution < -0.4 is 0 Å². The Morgan fingerprint density at radius 2 is 2.30 bits per heavy atom. The first-order chi connectivity index (χ1) is 9.47. The van der Waals surface area contributed by atoms with E-state index in [4.69, 9.17) is 11.6 Å². The van der Waals surface area contributed by atoms with Crippen molar-refractivity contribution in [2.75, 3.05) is 13.1 Å². The number of hydrogen-bond donors (Lipinski definition) is 1. The Labute approximate surface area is 133 Å². The molecule has 1 N–H and O–H groups in total. The summed E-state index contributed by atoms with van der Waals surface area (Å²) in [5.74, 6) is -0.674. The molecular formula is C15H19BrClNO2. The third-order valence-electron chi connectivity index (χ3n) is 4.20. The number of carbonyl (C=O) groups is 1. The predicted octanol–water partition coefficient (Wildman–Crippen LogP) is 4.18. The molecule has 5 heteroatoms. The molecule has 3 nitrogen and oxygen atoms in total. The minimum Gasteiger partial charge on any atom is -0.481 e. The smallest absolute Gasteiger partial charge is 0.310 e. The molecule has 1 saturated heterocycles. The monoisotopic (exact) mass is 359 g/mol. The van der Waals surface area contributed by atoms with Gasteiger partial charge >= 0.3 is 5.97 Å². The molecule has 1 heterocycles. The number of piperidine rings is 1. The highest BCUT2D eigenvalue weighted by molar-refractivity contribution is 9.10. The van der Waals surface area contributed by atoms with Gasteiger partial charge in [-0.1, -0.05) is 40.5 Å². The largest absolute Gasteiger partial charge is 0.481 e. The van der Waals surface area contributed by atoms with Crippen LogP contribution in [-0.2, 0) is 11.3 Å². The summed E-state index contributed by atoms with van der Waals surface area (Å²) in [5, 5.41) is 10.2. The molecule has 1 atom stereocenters. The van der Waals surface area contributed by atoms with Gasteiger partial charge in [-0.2, -0.15) is 0 Å². The Morgan fingerprint density at radius 1 is 1.55 bits per heavy atom. The lowest BCUT2D eigenvalue weighted by Crippen LogP contribution is -2.47. The molecule has 110 valence electrons. The van der Waals surface area contributed by atoms with Gasteiger partial charge in [0.1, 0.15) is 0 Å². The third kappa shape index (κ3) is 3.35. The molecule has 0 aromatic heterocycles. The Hall–Kier alpha value is -0.580. The number of carboxylic acids is 1. The lowest BCUT2D eigenvalue weighted by Gasteiger charge is -2.39. The van der Waals surface area contributed by atoms with Crippen molar-refractivity contribution in [1.82, 2.24) is 4.90 Å². The highest BCUT2D eigenvalue weighted by Crippen LogP contribution is 2.35. The van der Waals surface area contributed by atoms with E-state index >= 15 is 0 Å². The lowest BCUT2D eigenvalue weighted by atomic mass is 9.77. The number of benzene rings is 1. The van der Waals surface area contributed by atoms with E-state index in [1.807, 2.05) is 25.1 Å². The standard InChI is InChI=1S/C15H19BrClNO2/c1-2-15(14(19)20)6-3-7-18(10-15)9-11-4-5-12(16)8-13(11)17/h4-5,8H,2-3,6-7,9-10H2,1H3,(H,19,20). The first kappa shape index (κ1) is 15.8. The molecule has 1 unspecified atom stereocenters. The number of likely N-dealkylation sites (tertiary alicyclic amines) is 1. The van der Waals surface area contributed by atoms with Gasteiger partial charge in [0.05, 0.1) is 5.41 Å². The summed E-state index contributed by atoms with van der Waals surface area (Å²) in [4.78, 5) is 13.8. The van der Waals surface area contributed by atoms with Gasteiger partial charge in [0.15, 0.2) is 0 Å². The van der Waals surface area contributed by atoms with Gasteiger partial charge in [-0.05, 0) is 43.5 Å². The number of aliphatic carboxylic acids is 1. The fourth-order valence-electron chi connectivity index (χ4n) is 2.87. The molecule has 0 amide bonds. The zero-order valence-electron chi connectivity index (χ0n) is 11.5. The third-order valence-corrected chi connectivity index (χ3v) is 5.04. The van der Waals surface area contributed by atoms with Gasteiger partial charge in [0.25, 0.3) is 0 Å². The van der Waals surface area contributed by atoms with E-state index < -0.39 is 11.4 Å². The van der Waals surface area contributed by atoms with Crippen molar-refractivity contribution in [2.45, 2.75) is 32.7 Å². The average Bonchev–Trinajstić information content (AvgIpc) is 2.42.